The van der Waals surface area contributed by atoms with E-state index < -0.39 is 17.5 Å². The van der Waals surface area contributed by atoms with Crippen molar-refractivity contribution in [2.75, 3.05) is 12.4 Å². The van der Waals surface area contributed by atoms with Crippen molar-refractivity contribution in [3.05, 3.63) is 35.8 Å². The molecule has 0 spiro atoms. The van der Waals surface area contributed by atoms with Gasteiger partial charge in [0.2, 0.25) is 0 Å². The lowest BCUT2D eigenvalue weighted by molar-refractivity contribution is 0.0636. The summed E-state index contributed by atoms with van der Waals surface area (Å²) in [5.74, 6) is -0.443. The zero-order valence-electron chi connectivity index (χ0n) is 13.2. The molecule has 0 saturated heterocycles. The van der Waals surface area contributed by atoms with Crippen LogP contribution in [0, 0.1) is 5.82 Å². The van der Waals surface area contributed by atoms with E-state index in [0.29, 0.717) is 23.1 Å². The van der Waals surface area contributed by atoms with E-state index in [1.165, 1.54) is 12.1 Å². The number of pyridine rings is 1. The van der Waals surface area contributed by atoms with Crippen LogP contribution in [0.15, 0.2) is 24.3 Å². The molecule has 2 rings (SSSR count). The highest BCUT2D eigenvalue weighted by Crippen LogP contribution is 2.24. The molecule has 1 amide bonds. The van der Waals surface area contributed by atoms with Crippen LogP contribution < -0.4 is 10.6 Å². The van der Waals surface area contributed by atoms with Gasteiger partial charge in [0, 0.05) is 11.9 Å². The number of carbonyl (C=O) groups is 1. The molecule has 0 radical (unpaired) electrons. The van der Waals surface area contributed by atoms with E-state index in [-0.39, 0.29) is 0 Å². The fraction of sp³-hybridized carbons (Fsp3) is 0.375. The van der Waals surface area contributed by atoms with Crippen LogP contribution in [0.4, 0.5) is 14.9 Å². The molecule has 0 saturated carbocycles. The van der Waals surface area contributed by atoms with E-state index >= 15 is 0 Å². The Morgan fingerprint density at radius 2 is 2.05 bits per heavy atom. The number of fused-ring (bicyclic) bond motifs is 1. The van der Waals surface area contributed by atoms with Crippen LogP contribution in [-0.2, 0) is 11.3 Å². The molecule has 0 unspecified atom stereocenters. The molecular weight excluding hydrogens is 285 g/mol. The molecule has 1 heterocycles. The quantitative estimate of drug-likeness (QED) is 0.912. The van der Waals surface area contributed by atoms with Crippen LogP contribution in [-0.4, -0.2) is 23.7 Å². The number of hydrogen-bond donors (Lipinski definition) is 2. The molecule has 0 aliphatic carbocycles. The number of aromatic nitrogens is 1. The molecular formula is C16H20FN3O2. The molecule has 1 aromatic heterocycles. The van der Waals surface area contributed by atoms with Gasteiger partial charge in [0.25, 0.3) is 0 Å². The normalized spacial score (nSPS) is 11.5. The van der Waals surface area contributed by atoms with Crippen LogP contribution in [0.3, 0.4) is 0 Å². The van der Waals surface area contributed by atoms with Gasteiger partial charge < -0.3 is 10.1 Å². The maximum Gasteiger partial charge on any atom is 0.412 e. The third-order valence-corrected chi connectivity index (χ3v) is 2.81. The molecule has 2 aromatic rings. The fourth-order valence-electron chi connectivity index (χ4n) is 2.03. The Kier molecular flexibility index (Phi) is 4.61. The van der Waals surface area contributed by atoms with Gasteiger partial charge in [0.15, 0.2) is 0 Å². The van der Waals surface area contributed by atoms with Crippen LogP contribution in [0.25, 0.3) is 10.9 Å². The van der Waals surface area contributed by atoms with Gasteiger partial charge in [0.05, 0.1) is 16.9 Å². The number of benzene rings is 1. The predicted molar refractivity (Wildman–Crippen MR) is 84.3 cm³/mol. The molecule has 6 heteroatoms. The van der Waals surface area contributed by atoms with Gasteiger partial charge in [-0.25, -0.2) is 14.2 Å². The minimum atomic E-state index is -0.639. The predicted octanol–water partition coefficient (Wildman–Crippen LogP) is 3.44. The van der Waals surface area contributed by atoms with Crippen molar-refractivity contribution in [2.24, 2.45) is 0 Å². The lowest BCUT2D eigenvalue weighted by Gasteiger charge is -2.20. The Labute approximate surface area is 128 Å². The molecule has 22 heavy (non-hydrogen) atoms. The Balaban J connectivity index is 2.38. The smallest absolute Gasteiger partial charge is 0.412 e. The summed E-state index contributed by atoms with van der Waals surface area (Å²) in [7, 11) is 1.82. The molecule has 0 aliphatic heterocycles. The molecule has 1 aromatic carbocycles. The van der Waals surface area contributed by atoms with Gasteiger partial charge in [-0.3, -0.25) is 5.32 Å². The van der Waals surface area contributed by atoms with Crippen LogP contribution >= 0.6 is 0 Å². The summed E-state index contributed by atoms with van der Waals surface area (Å²) >= 11 is 0. The lowest BCUT2D eigenvalue weighted by Crippen LogP contribution is -2.27. The van der Waals surface area contributed by atoms with Crippen LogP contribution in [0.1, 0.15) is 26.5 Å². The van der Waals surface area contributed by atoms with Crippen molar-refractivity contribution in [3.8, 4) is 0 Å². The second kappa shape index (κ2) is 6.27. The molecule has 5 nitrogen and oxygen atoms in total. The highest BCUT2D eigenvalue weighted by Gasteiger charge is 2.17. The van der Waals surface area contributed by atoms with Crippen LogP contribution in [0.5, 0.6) is 0 Å². The first kappa shape index (κ1) is 16.2. The minimum Gasteiger partial charge on any atom is -0.444 e. The topological polar surface area (TPSA) is 63.2 Å². The van der Waals surface area contributed by atoms with E-state index in [1.54, 1.807) is 26.8 Å². The number of hydrogen-bond acceptors (Lipinski definition) is 4. The largest absolute Gasteiger partial charge is 0.444 e. The maximum atomic E-state index is 13.7. The van der Waals surface area contributed by atoms with Crippen molar-refractivity contribution in [2.45, 2.75) is 32.9 Å². The Bertz CT molecular complexity index is 696. The third kappa shape index (κ3) is 4.14. The van der Waals surface area contributed by atoms with E-state index in [2.05, 4.69) is 15.6 Å². The standard InChI is InChI=1S/C16H20FN3O2/c1-16(2,3)22-15(21)20-13-8-11(17)7-10-5-6-12(9-18-4)19-14(10)13/h5-8,18H,9H2,1-4H3,(H,20,21). The number of amides is 1. The monoisotopic (exact) mass is 305 g/mol. The number of halogens is 1. The summed E-state index contributed by atoms with van der Waals surface area (Å²) in [4.78, 5) is 16.4. The summed E-state index contributed by atoms with van der Waals surface area (Å²) < 4.78 is 18.9. The first-order valence-corrected chi connectivity index (χ1v) is 7.02. The second-order valence-electron chi connectivity index (χ2n) is 5.98. The summed E-state index contributed by atoms with van der Waals surface area (Å²) in [5.41, 5.74) is 0.994. The fourth-order valence-corrected chi connectivity index (χ4v) is 2.03. The van der Waals surface area contributed by atoms with Gasteiger partial charge in [-0.05, 0) is 46.0 Å². The SMILES string of the molecule is CNCc1ccc2cc(F)cc(NC(=O)OC(C)(C)C)c2n1. The molecule has 2 N–H and O–H groups in total. The number of nitrogens with zero attached hydrogens (tertiary/aromatic N) is 1. The number of ether oxygens (including phenoxy) is 1. The summed E-state index contributed by atoms with van der Waals surface area (Å²) in [5, 5.41) is 6.19. The Morgan fingerprint density at radius 1 is 1.32 bits per heavy atom. The molecule has 118 valence electrons. The number of anilines is 1. The zero-order chi connectivity index (χ0) is 16.3. The Hall–Kier alpha value is -2.21. The maximum absolute atomic E-state index is 13.7. The first-order valence-electron chi connectivity index (χ1n) is 7.02. The van der Waals surface area contributed by atoms with Gasteiger partial charge >= 0.3 is 6.09 Å². The number of rotatable bonds is 3. The molecule has 0 fully saturated rings. The second-order valence-corrected chi connectivity index (χ2v) is 5.98. The van der Waals surface area contributed by atoms with Crippen molar-refractivity contribution in [1.29, 1.82) is 0 Å². The van der Waals surface area contributed by atoms with Crippen molar-refractivity contribution in [3.63, 3.8) is 0 Å². The number of nitrogens with one attached hydrogen (secondary N) is 2. The highest BCUT2D eigenvalue weighted by molar-refractivity contribution is 5.98. The van der Waals surface area contributed by atoms with E-state index in [1.807, 2.05) is 13.1 Å². The zero-order valence-corrected chi connectivity index (χ0v) is 13.2. The molecule has 0 bridgehead atoms. The Morgan fingerprint density at radius 3 is 2.68 bits per heavy atom. The van der Waals surface area contributed by atoms with E-state index in [0.717, 1.165) is 5.69 Å². The molecule has 0 atom stereocenters. The third-order valence-electron chi connectivity index (χ3n) is 2.81. The first-order chi connectivity index (χ1) is 10.3. The lowest BCUT2D eigenvalue weighted by atomic mass is 10.1. The summed E-state index contributed by atoms with van der Waals surface area (Å²) in [6.07, 6.45) is -0.639. The highest BCUT2D eigenvalue weighted by atomic mass is 19.1. The average molecular weight is 305 g/mol. The van der Waals surface area contributed by atoms with Crippen molar-refractivity contribution < 1.29 is 13.9 Å². The van der Waals surface area contributed by atoms with Crippen molar-refractivity contribution in [1.82, 2.24) is 10.3 Å². The van der Waals surface area contributed by atoms with Crippen molar-refractivity contribution >= 4 is 22.7 Å². The van der Waals surface area contributed by atoms with E-state index in [9.17, 15) is 9.18 Å². The number of carbonyl (C=O) groups excluding carboxylic acids is 1. The summed E-state index contributed by atoms with van der Waals surface area (Å²) in [6, 6.07) is 6.21. The van der Waals surface area contributed by atoms with Crippen LogP contribution in [0.2, 0.25) is 0 Å². The van der Waals surface area contributed by atoms with E-state index in [4.69, 9.17) is 4.74 Å². The molecule has 0 aliphatic rings. The minimum absolute atomic E-state index is 0.294. The van der Waals surface area contributed by atoms with Gasteiger partial charge in [0.1, 0.15) is 11.4 Å². The van der Waals surface area contributed by atoms with Gasteiger partial charge in [-0.15, -0.1) is 0 Å². The summed E-state index contributed by atoms with van der Waals surface area (Å²) in [6.45, 7) is 5.87. The van der Waals surface area contributed by atoms with Gasteiger partial charge in [-0.2, -0.15) is 0 Å². The average Bonchev–Trinajstić information content (AvgIpc) is 2.37. The van der Waals surface area contributed by atoms with Gasteiger partial charge in [-0.1, -0.05) is 6.07 Å².